The Morgan fingerprint density at radius 3 is 2.81 bits per heavy atom. The molecule has 0 saturated carbocycles. The minimum absolute atomic E-state index is 0.608. The summed E-state index contributed by atoms with van der Waals surface area (Å²) in [6.45, 7) is 2.57. The lowest BCUT2D eigenvalue weighted by molar-refractivity contribution is 0.397. The Hall–Kier alpha value is -1.69. The molecule has 0 aromatic carbocycles. The zero-order chi connectivity index (χ0) is 11.5. The predicted molar refractivity (Wildman–Crippen MR) is 62.0 cm³/mol. The standard InChI is InChI=1S/C10H12N4OS/c1-7-12-13-10(16)14(7)6-8-3-4-9(15-2)11-5-8/h3-5H,6H2,1-2H3,(H,13,16). The normalized spacial score (nSPS) is 10.4. The van der Waals surface area contributed by atoms with E-state index in [9.17, 15) is 0 Å². The van der Waals surface area contributed by atoms with Gasteiger partial charge >= 0.3 is 0 Å². The SMILES string of the molecule is COc1ccc(Cn2c(C)n[nH]c2=S)cn1. The molecule has 2 rings (SSSR count). The monoisotopic (exact) mass is 236 g/mol. The number of H-pyrrole nitrogens is 1. The third-order valence-electron chi connectivity index (χ3n) is 2.30. The number of pyridine rings is 1. The lowest BCUT2D eigenvalue weighted by Crippen LogP contribution is -2.02. The van der Waals surface area contributed by atoms with Crippen LogP contribution in [0.3, 0.4) is 0 Å². The van der Waals surface area contributed by atoms with Gasteiger partial charge in [-0.15, -0.1) is 0 Å². The Kier molecular flexibility index (Phi) is 3.00. The number of nitrogens with one attached hydrogen (secondary N) is 1. The first-order valence-corrected chi connectivity index (χ1v) is 5.22. The van der Waals surface area contributed by atoms with Gasteiger partial charge < -0.3 is 4.74 Å². The molecule has 2 aromatic rings. The highest BCUT2D eigenvalue weighted by Crippen LogP contribution is 2.09. The Morgan fingerprint density at radius 1 is 1.50 bits per heavy atom. The van der Waals surface area contributed by atoms with E-state index in [2.05, 4.69) is 15.2 Å². The van der Waals surface area contributed by atoms with Crippen LogP contribution in [0.4, 0.5) is 0 Å². The van der Waals surface area contributed by atoms with Crippen molar-refractivity contribution in [2.24, 2.45) is 0 Å². The van der Waals surface area contributed by atoms with Crippen molar-refractivity contribution in [2.75, 3.05) is 7.11 Å². The topological polar surface area (TPSA) is 55.7 Å². The zero-order valence-electron chi connectivity index (χ0n) is 9.10. The number of hydrogen-bond donors (Lipinski definition) is 1. The number of aromatic amines is 1. The highest BCUT2D eigenvalue weighted by atomic mass is 32.1. The number of ether oxygens (including phenoxy) is 1. The van der Waals surface area contributed by atoms with E-state index in [0.29, 0.717) is 17.2 Å². The molecule has 6 heteroatoms. The number of methoxy groups -OCH3 is 1. The molecular weight excluding hydrogens is 224 g/mol. The van der Waals surface area contributed by atoms with E-state index in [1.807, 2.05) is 23.6 Å². The van der Waals surface area contributed by atoms with Gasteiger partial charge in [-0.1, -0.05) is 6.07 Å². The maximum absolute atomic E-state index is 5.12. The van der Waals surface area contributed by atoms with Crippen molar-refractivity contribution >= 4 is 12.2 Å². The molecule has 1 N–H and O–H groups in total. The summed E-state index contributed by atoms with van der Waals surface area (Å²) in [5, 5.41) is 6.80. The summed E-state index contributed by atoms with van der Waals surface area (Å²) < 4.78 is 7.53. The van der Waals surface area contributed by atoms with E-state index in [-0.39, 0.29) is 0 Å². The van der Waals surface area contributed by atoms with Gasteiger partial charge in [0, 0.05) is 12.3 Å². The van der Waals surface area contributed by atoms with Gasteiger partial charge in [0.25, 0.3) is 0 Å². The van der Waals surface area contributed by atoms with Crippen molar-refractivity contribution in [1.29, 1.82) is 0 Å². The summed E-state index contributed by atoms with van der Waals surface area (Å²) >= 11 is 5.12. The number of aromatic nitrogens is 4. The second kappa shape index (κ2) is 4.44. The molecule has 0 amide bonds. The van der Waals surface area contributed by atoms with Crippen LogP contribution >= 0.6 is 12.2 Å². The van der Waals surface area contributed by atoms with E-state index in [0.717, 1.165) is 11.4 Å². The first-order valence-electron chi connectivity index (χ1n) is 4.81. The highest BCUT2D eigenvalue weighted by Gasteiger charge is 2.02. The molecule has 0 radical (unpaired) electrons. The summed E-state index contributed by atoms with van der Waals surface area (Å²) in [5.74, 6) is 1.47. The van der Waals surface area contributed by atoms with E-state index in [1.54, 1.807) is 13.3 Å². The van der Waals surface area contributed by atoms with Crippen LogP contribution in [0.15, 0.2) is 18.3 Å². The molecule has 0 unspecified atom stereocenters. The quantitative estimate of drug-likeness (QED) is 0.824. The first-order chi connectivity index (χ1) is 7.70. The van der Waals surface area contributed by atoms with Gasteiger partial charge in [0.1, 0.15) is 5.82 Å². The molecule has 0 bridgehead atoms. The average molecular weight is 236 g/mol. The van der Waals surface area contributed by atoms with Gasteiger partial charge in [-0.25, -0.2) is 4.98 Å². The van der Waals surface area contributed by atoms with Crippen LogP contribution in [0.5, 0.6) is 5.88 Å². The van der Waals surface area contributed by atoms with Gasteiger partial charge in [-0.3, -0.25) is 9.67 Å². The molecule has 0 aliphatic heterocycles. The van der Waals surface area contributed by atoms with Crippen LogP contribution in [0.1, 0.15) is 11.4 Å². The van der Waals surface area contributed by atoms with E-state index >= 15 is 0 Å². The summed E-state index contributed by atoms with van der Waals surface area (Å²) in [7, 11) is 1.60. The van der Waals surface area contributed by atoms with Crippen molar-refractivity contribution in [3.8, 4) is 5.88 Å². The van der Waals surface area contributed by atoms with Crippen LogP contribution in [-0.4, -0.2) is 26.9 Å². The van der Waals surface area contributed by atoms with Crippen LogP contribution < -0.4 is 4.74 Å². The summed E-state index contributed by atoms with van der Waals surface area (Å²) in [6, 6.07) is 3.79. The molecule has 0 atom stereocenters. The van der Waals surface area contributed by atoms with E-state index in [1.165, 1.54) is 0 Å². The van der Waals surface area contributed by atoms with Crippen molar-refractivity contribution in [2.45, 2.75) is 13.5 Å². The van der Waals surface area contributed by atoms with Crippen LogP contribution in [0.25, 0.3) is 0 Å². The first kappa shape index (κ1) is 10.8. The molecule has 0 aliphatic rings. The molecule has 0 saturated heterocycles. The molecule has 84 valence electrons. The minimum Gasteiger partial charge on any atom is -0.481 e. The van der Waals surface area contributed by atoms with Gasteiger partial charge in [0.15, 0.2) is 4.77 Å². The Bertz CT molecular complexity index is 528. The van der Waals surface area contributed by atoms with E-state index in [4.69, 9.17) is 17.0 Å². The minimum atomic E-state index is 0.608. The van der Waals surface area contributed by atoms with Crippen LogP contribution in [0.2, 0.25) is 0 Å². The molecule has 5 nitrogen and oxygen atoms in total. The van der Waals surface area contributed by atoms with Crippen LogP contribution in [0, 0.1) is 11.7 Å². The van der Waals surface area contributed by atoms with Crippen LogP contribution in [-0.2, 0) is 6.54 Å². The summed E-state index contributed by atoms with van der Waals surface area (Å²) in [4.78, 5) is 4.14. The van der Waals surface area contributed by atoms with Gasteiger partial charge in [0.05, 0.1) is 13.7 Å². The highest BCUT2D eigenvalue weighted by molar-refractivity contribution is 7.71. The number of hydrogen-bond acceptors (Lipinski definition) is 4. The maximum atomic E-state index is 5.12. The molecule has 0 aliphatic carbocycles. The van der Waals surface area contributed by atoms with Gasteiger partial charge in [0.2, 0.25) is 5.88 Å². The molecular formula is C10H12N4OS. The van der Waals surface area contributed by atoms with Crippen molar-refractivity contribution < 1.29 is 4.74 Å². The van der Waals surface area contributed by atoms with Gasteiger partial charge in [-0.05, 0) is 24.7 Å². The lowest BCUT2D eigenvalue weighted by Gasteiger charge is -2.04. The molecule has 0 spiro atoms. The van der Waals surface area contributed by atoms with Crippen molar-refractivity contribution in [1.82, 2.24) is 19.7 Å². The second-order valence-electron chi connectivity index (χ2n) is 3.37. The van der Waals surface area contributed by atoms with E-state index < -0.39 is 0 Å². The largest absolute Gasteiger partial charge is 0.481 e. The molecule has 16 heavy (non-hydrogen) atoms. The third-order valence-corrected chi connectivity index (χ3v) is 2.61. The Labute approximate surface area is 98.1 Å². The predicted octanol–water partition coefficient (Wildman–Crippen LogP) is 1.70. The zero-order valence-corrected chi connectivity index (χ0v) is 9.91. The summed E-state index contributed by atoms with van der Waals surface area (Å²) in [6.07, 6.45) is 1.77. The third kappa shape index (κ3) is 2.11. The Balaban J connectivity index is 2.24. The second-order valence-corrected chi connectivity index (χ2v) is 3.76. The Morgan fingerprint density at radius 2 is 2.31 bits per heavy atom. The summed E-state index contributed by atoms with van der Waals surface area (Å²) in [5.41, 5.74) is 1.06. The number of nitrogens with zero attached hydrogens (tertiary/aromatic N) is 3. The smallest absolute Gasteiger partial charge is 0.212 e. The fraction of sp³-hybridized carbons (Fsp3) is 0.300. The average Bonchev–Trinajstić information content (AvgIpc) is 2.62. The molecule has 2 aromatic heterocycles. The fourth-order valence-electron chi connectivity index (χ4n) is 1.39. The molecule has 0 fully saturated rings. The van der Waals surface area contributed by atoms with Gasteiger partial charge in [-0.2, -0.15) is 5.10 Å². The molecule has 2 heterocycles. The maximum Gasteiger partial charge on any atom is 0.212 e. The number of rotatable bonds is 3. The van der Waals surface area contributed by atoms with Crippen molar-refractivity contribution in [3.05, 3.63) is 34.5 Å². The lowest BCUT2D eigenvalue weighted by atomic mass is 10.3. The number of aryl methyl sites for hydroxylation is 1. The fourth-order valence-corrected chi connectivity index (χ4v) is 1.63. The van der Waals surface area contributed by atoms with Crippen molar-refractivity contribution in [3.63, 3.8) is 0 Å².